The largest absolute Gasteiger partial charge is 0.391 e. The summed E-state index contributed by atoms with van der Waals surface area (Å²) in [7, 11) is 0. The SMILES string of the molecule is CCCCCOCCCCNCC(O)CCl. The maximum absolute atomic E-state index is 9.16. The van der Waals surface area contributed by atoms with Crippen LogP contribution in [0.4, 0.5) is 0 Å². The number of hydrogen-bond donors (Lipinski definition) is 2. The van der Waals surface area contributed by atoms with E-state index in [9.17, 15) is 0 Å². The van der Waals surface area contributed by atoms with Crippen molar-refractivity contribution >= 4 is 11.6 Å². The van der Waals surface area contributed by atoms with Gasteiger partial charge >= 0.3 is 0 Å². The average molecular weight is 252 g/mol. The third-order valence-corrected chi connectivity index (χ3v) is 2.70. The molecule has 0 spiro atoms. The van der Waals surface area contributed by atoms with Crippen LogP contribution in [0.3, 0.4) is 0 Å². The third kappa shape index (κ3) is 12.2. The summed E-state index contributed by atoms with van der Waals surface area (Å²) in [5, 5.41) is 12.3. The molecule has 3 nitrogen and oxygen atoms in total. The van der Waals surface area contributed by atoms with Gasteiger partial charge in [0.15, 0.2) is 0 Å². The van der Waals surface area contributed by atoms with Crippen LogP contribution in [0.2, 0.25) is 0 Å². The summed E-state index contributed by atoms with van der Waals surface area (Å²) in [5.41, 5.74) is 0. The molecule has 0 aromatic heterocycles. The highest BCUT2D eigenvalue weighted by molar-refractivity contribution is 6.18. The number of aliphatic hydroxyl groups excluding tert-OH is 1. The lowest BCUT2D eigenvalue weighted by Crippen LogP contribution is -2.28. The number of halogens is 1. The molecule has 0 fully saturated rings. The van der Waals surface area contributed by atoms with Crippen molar-refractivity contribution in [3.05, 3.63) is 0 Å². The van der Waals surface area contributed by atoms with Crippen molar-refractivity contribution in [3.8, 4) is 0 Å². The van der Waals surface area contributed by atoms with Crippen molar-refractivity contribution in [2.75, 3.05) is 32.2 Å². The molecule has 0 aliphatic rings. The van der Waals surface area contributed by atoms with E-state index in [1.165, 1.54) is 19.3 Å². The Kier molecular flexibility index (Phi) is 13.4. The predicted molar refractivity (Wildman–Crippen MR) is 69.2 cm³/mol. The molecular formula is C12H26ClNO2. The minimum atomic E-state index is -0.424. The van der Waals surface area contributed by atoms with Crippen molar-refractivity contribution in [3.63, 3.8) is 0 Å². The number of unbranched alkanes of at least 4 members (excludes halogenated alkanes) is 3. The zero-order chi connectivity index (χ0) is 12.1. The van der Waals surface area contributed by atoms with Crippen molar-refractivity contribution < 1.29 is 9.84 Å². The van der Waals surface area contributed by atoms with Gasteiger partial charge in [-0.2, -0.15) is 0 Å². The third-order valence-electron chi connectivity index (χ3n) is 2.34. The fourth-order valence-electron chi connectivity index (χ4n) is 1.33. The van der Waals surface area contributed by atoms with E-state index in [2.05, 4.69) is 12.2 Å². The second kappa shape index (κ2) is 13.2. The molecule has 0 aliphatic heterocycles. The molecule has 0 saturated heterocycles. The quantitative estimate of drug-likeness (QED) is 0.413. The lowest BCUT2D eigenvalue weighted by molar-refractivity contribution is 0.126. The molecule has 0 amide bonds. The predicted octanol–water partition coefficient (Wildman–Crippen LogP) is 2.16. The van der Waals surface area contributed by atoms with Crippen LogP contribution in [0.1, 0.15) is 39.0 Å². The van der Waals surface area contributed by atoms with Gasteiger partial charge < -0.3 is 15.2 Å². The van der Waals surface area contributed by atoms with Gasteiger partial charge in [0.2, 0.25) is 0 Å². The molecule has 4 heteroatoms. The molecule has 98 valence electrons. The summed E-state index contributed by atoms with van der Waals surface area (Å²) in [6.07, 6.45) is 5.43. The van der Waals surface area contributed by atoms with E-state index in [0.29, 0.717) is 12.4 Å². The van der Waals surface area contributed by atoms with Crippen LogP contribution >= 0.6 is 11.6 Å². The van der Waals surface area contributed by atoms with Crippen molar-refractivity contribution in [1.29, 1.82) is 0 Å². The Morgan fingerprint density at radius 3 is 2.50 bits per heavy atom. The van der Waals surface area contributed by atoms with Gasteiger partial charge in [-0.25, -0.2) is 0 Å². The van der Waals surface area contributed by atoms with Gasteiger partial charge in [-0.05, 0) is 25.8 Å². The standard InChI is InChI=1S/C12H26ClNO2/c1-2-3-5-8-16-9-6-4-7-14-11-12(15)10-13/h12,14-15H,2-11H2,1H3. The monoisotopic (exact) mass is 251 g/mol. The fourth-order valence-corrected chi connectivity index (χ4v) is 1.44. The van der Waals surface area contributed by atoms with Gasteiger partial charge in [0.25, 0.3) is 0 Å². The molecule has 0 heterocycles. The molecule has 2 N–H and O–H groups in total. The number of hydrogen-bond acceptors (Lipinski definition) is 3. The van der Waals surface area contributed by atoms with Crippen molar-refractivity contribution in [1.82, 2.24) is 5.32 Å². The molecule has 1 atom stereocenters. The van der Waals surface area contributed by atoms with E-state index in [1.54, 1.807) is 0 Å². The second-order valence-corrected chi connectivity index (χ2v) is 4.35. The molecule has 0 aliphatic carbocycles. The van der Waals surface area contributed by atoms with Crippen LogP contribution in [-0.2, 0) is 4.74 Å². The van der Waals surface area contributed by atoms with E-state index in [0.717, 1.165) is 32.6 Å². The lowest BCUT2D eigenvalue weighted by atomic mass is 10.3. The number of ether oxygens (including phenoxy) is 1. The number of aliphatic hydroxyl groups is 1. The summed E-state index contributed by atoms with van der Waals surface area (Å²) in [4.78, 5) is 0. The first-order valence-corrected chi connectivity index (χ1v) is 6.87. The van der Waals surface area contributed by atoms with Crippen LogP contribution in [0.25, 0.3) is 0 Å². The average Bonchev–Trinajstić information content (AvgIpc) is 2.31. The Morgan fingerprint density at radius 1 is 1.19 bits per heavy atom. The molecule has 0 aromatic carbocycles. The first-order valence-electron chi connectivity index (χ1n) is 6.33. The Morgan fingerprint density at radius 2 is 1.88 bits per heavy atom. The van der Waals surface area contributed by atoms with E-state index >= 15 is 0 Å². The highest BCUT2D eigenvalue weighted by Gasteiger charge is 1.99. The molecule has 0 aromatic rings. The highest BCUT2D eigenvalue weighted by atomic mass is 35.5. The van der Waals surface area contributed by atoms with Crippen molar-refractivity contribution in [2.24, 2.45) is 0 Å². The first kappa shape index (κ1) is 16.2. The number of rotatable bonds is 12. The van der Waals surface area contributed by atoms with E-state index in [1.807, 2.05) is 0 Å². The molecule has 16 heavy (non-hydrogen) atoms. The first-order chi connectivity index (χ1) is 7.81. The lowest BCUT2D eigenvalue weighted by Gasteiger charge is -2.08. The highest BCUT2D eigenvalue weighted by Crippen LogP contribution is 1.96. The van der Waals surface area contributed by atoms with Gasteiger partial charge in [-0.1, -0.05) is 19.8 Å². The van der Waals surface area contributed by atoms with E-state index < -0.39 is 6.10 Å². The maximum Gasteiger partial charge on any atom is 0.0799 e. The summed E-state index contributed by atoms with van der Waals surface area (Å²) >= 11 is 5.46. The number of nitrogens with one attached hydrogen (secondary N) is 1. The summed E-state index contributed by atoms with van der Waals surface area (Å²) in [6.45, 7) is 5.45. The van der Waals surface area contributed by atoms with Crippen LogP contribution in [-0.4, -0.2) is 43.4 Å². The molecule has 0 saturated carbocycles. The minimum Gasteiger partial charge on any atom is -0.391 e. The summed E-state index contributed by atoms with van der Waals surface area (Å²) < 4.78 is 5.49. The molecule has 0 bridgehead atoms. The van der Waals surface area contributed by atoms with Crippen LogP contribution in [0.5, 0.6) is 0 Å². The maximum atomic E-state index is 9.16. The molecule has 0 radical (unpaired) electrons. The smallest absolute Gasteiger partial charge is 0.0799 e. The van der Waals surface area contributed by atoms with Crippen LogP contribution in [0, 0.1) is 0 Å². The zero-order valence-electron chi connectivity index (χ0n) is 10.4. The summed E-state index contributed by atoms with van der Waals surface area (Å²) in [6, 6.07) is 0. The Labute approximate surface area is 105 Å². The molecule has 0 rings (SSSR count). The fraction of sp³-hybridized carbons (Fsp3) is 1.00. The van der Waals surface area contributed by atoms with Gasteiger partial charge in [0, 0.05) is 25.6 Å². The zero-order valence-corrected chi connectivity index (χ0v) is 11.1. The van der Waals surface area contributed by atoms with Crippen LogP contribution < -0.4 is 5.32 Å². The summed E-state index contributed by atoms with van der Waals surface area (Å²) in [5.74, 6) is 0.299. The van der Waals surface area contributed by atoms with Gasteiger partial charge in [-0.15, -0.1) is 11.6 Å². The van der Waals surface area contributed by atoms with Gasteiger partial charge in [-0.3, -0.25) is 0 Å². The Hall–Kier alpha value is 0.170. The Bertz CT molecular complexity index is 136. The number of alkyl halides is 1. The second-order valence-electron chi connectivity index (χ2n) is 4.04. The topological polar surface area (TPSA) is 41.5 Å². The minimum absolute atomic E-state index is 0.299. The molecule has 1 unspecified atom stereocenters. The van der Waals surface area contributed by atoms with Crippen LogP contribution in [0.15, 0.2) is 0 Å². The van der Waals surface area contributed by atoms with Crippen molar-refractivity contribution in [2.45, 2.75) is 45.1 Å². The molecular weight excluding hydrogens is 226 g/mol. The Balaban J connectivity index is 2.93. The normalized spacial score (nSPS) is 12.9. The van der Waals surface area contributed by atoms with E-state index in [-0.39, 0.29) is 0 Å². The van der Waals surface area contributed by atoms with Gasteiger partial charge in [0.1, 0.15) is 0 Å². The van der Waals surface area contributed by atoms with Gasteiger partial charge in [0.05, 0.1) is 6.10 Å². The van der Waals surface area contributed by atoms with E-state index in [4.69, 9.17) is 21.4 Å².